The van der Waals surface area contributed by atoms with E-state index in [1.165, 1.54) is 28.5 Å². The van der Waals surface area contributed by atoms with Crippen LogP contribution in [-0.2, 0) is 20.0 Å². The summed E-state index contributed by atoms with van der Waals surface area (Å²) in [6.07, 6.45) is 4.55. The van der Waals surface area contributed by atoms with Crippen molar-refractivity contribution in [1.82, 2.24) is 10.3 Å². The van der Waals surface area contributed by atoms with Crippen molar-refractivity contribution in [2.45, 2.75) is 37.9 Å². The fourth-order valence-corrected chi connectivity index (χ4v) is 6.41. The number of hydrazine groups is 1. The van der Waals surface area contributed by atoms with E-state index in [1.54, 1.807) is 35.7 Å². The number of nitrogens with zero attached hydrogens (tertiary/aromatic N) is 1. The normalized spacial score (nSPS) is 15.2. The quantitative estimate of drug-likeness (QED) is 0.187. The highest BCUT2D eigenvalue weighted by molar-refractivity contribution is 7.95. The van der Waals surface area contributed by atoms with Crippen LogP contribution in [0, 0.1) is 0 Å². The molecule has 0 fully saturated rings. The van der Waals surface area contributed by atoms with Gasteiger partial charge in [0.05, 0.1) is 17.0 Å². The van der Waals surface area contributed by atoms with Gasteiger partial charge in [-0.2, -0.15) is 0 Å². The summed E-state index contributed by atoms with van der Waals surface area (Å²) in [5, 5.41) is 0.408. The van der Waals surface area contributed by atoms with Gasteiger partial charge in [-0.15, -0.1) is 17.9 Å². The fourth-order valence-electron chi connectivity index (χ4n) is 3.77. The number of nitrogens with one attached hydrogen (secondary N) is 1. The van der Waals surface area contributed by atoms with Crippen molar-refractivity contribution in [1.29, 1.82) is 0 Å². The molecule has 0 bridgehead atoms. The van der Waals surface area contributed by atoms with E-state index in [0.29, 0.717) is 10.4 Å². The molecule has 0 saturated heterocycles. The lowest BCUT2D eigenvalue weighted by Gasteiger charge is -2.30. The van der Waals surface area contributed by atoms with Crippen molar-refractivity contribution >= 4 is 32.9 Å². The Labute approximate surface area is 204 Å². The molecular formula is C25H29N3O4S2. The molecule has 1 aromatic carbocycles. The van der Waals surface area contributed by atoms with Crippen LogP contribution in [0.15, 0.2) is 77.3 Å². The largest absolute Gasteiger partial charge is 0.331 e. The van der Waals surface area contributed by atoms with Gasteiger partial charge in [0.25, 0.3) is 5.91 Å². The summed E-state index contributed by atoms with van der Waals surface area (Å²) in [6, 6.07) is 10.7. The summed E-state index contributed by atoms with van der Waals surface area (Å²) < 4.78 is 27.9. The van der Waals surface area contributed by atoms with E-state index in [0.717, 1.165) is 5.56 Å². The Kier molecular flexibility index (Phi) is 7.60. The maximum atomic E-state index is 14.0. The molecule has 7 nitrogen and oxygen atoms in total. The minimum absolute atomic E-state index is 0.0258. The monoisotopic (exact) mass is 499 g/mol. The summed E-state index contributed by atoms with van der Waals surface area (Å²) in [4.78, 5) is 27.2. The Bertz CT molecular complexity index is 1240. The van der Waals surface area contributed by atoms with Crippen LogP contribution in [0.3, 0.4) is 0 Å². The number of benzene rings is 1. The molecule has 3 rings (SSSR count). The summed E-state index contributed by atoms with van der Waals surface area (Å²) in [6.45, 7) is 9.74. The van der Waals surface area contributed by atoms with E-state index in [-0.39, 0.29) is 34.8 Å². The van der Waals surface area contributed by atoms with E-state index in [2.05, 4.69) is 27.4 Å². The number of nitrogens with two attached hydrogens (primary N) is 1. The second-order valence-corrected chi connectivity index (χ2v) is 11.9. The van der Waals surface area contributed by atoms with Gasteiger partial charge in [-0.1, -0.05) is 63.3 Å². The van der Waals surface area contributed by atoms with Crippen LogP contribution in [0.5, 0.6) is 0 Å². The van der Waals surface area contributed by atoms with Crippen molar-refractivity contribution in [3.05, 3.63) is 93.3 Å². The van der Waals surface area contributed by atoms with Gasteiger partial charge in [-0.3, -0.25) is 15.0 Å². The SMILES string of the molecule is C=CC(c1ccc(C(C)(C)C)cc1)S(=O)(=O)C1=C(C(=O)NN)CC=CN1CC(=O)c1cccs1. The molecule has 2 heterocycles. The smallest absolute Gasteiger partial charge is 0.264 e. The number of thiophene rings is 1. The number of carbonyl (C=O) groups is 2. The molecule has 1 atom stereocenters. The molecule has 1 aliphatic heterocycles. The average Bonchev–Trinajstić information content (AvgIpc) is 3.33. The first-order chi connectivity index (χ1) is 16.0. The molecule has 180 valence electrons. The predicted octanol–water partition coefficient (Wildman–Crippen LogP) is 3.99. The molecule has 0 saturated carbocycles. The van der Waals surface area contributed by atoms with Crippen LogP contribution in [0.1, 0.15) is 53.2 Å². The van der Waals surface area contributed by atoms with Crippen LogP contribution in [-0.4, -0.2) is 31.6 Å². The van der Waals surface area contributed by atoms with Crippen molar-refractivity contribution in [3.63, 3.8) is 0 Å². The predicted molar refractivity (Wildman–Crippen MR) is 135 cm³/mol. The van der Waals surface area contributed by atoms with E-state index in [4.69, 9.17) is 5.84 Å². The van der Waals surface area contributed by atoms with Gasteiger partial charge in [-0.05, 0) is 28.0 Å². The summed E-state index contributed by atoms with van der Waals surface area (Å²) in [7, 11) is -4.17. The number of amides is 1. The first-order valence-corrected chi connectivity index (χ1v) is 13.1. The maximum Gasteiger partial charge on any atom is 0.264 e. The third-order valence-corrected chi connectivity index (χ3v) is 8.63. The zero-order valence-electron chi connectivity index (χ0n) is 19.4. The number of ketones is 1. The van der Waals surface area contributed by atoms with Gasteiger partial charge in [-0.25, -0.2) is 14.3 Å². The van der Waals surface area contributed by atoms with Crippen molar-refractivity contribution in [2.75, 3.05) is 6.54 Å². The zero-order chi connectivity index (χ0) is 25.1. The number of rotatable bonds is 8. The molecule has 1 amide bonds. The van der Waals surface area contributed by atoms with Crippen molar-refractivity contribution < 1.29 is 18.0 Å². The summed E-state index contributed by atoms with van der Waals surface area (Å²) >= 11 is 1.27. The third kappa shape index (κ3) is 5.22. The van der Waals surface area contributed by atoms with E-state index < -0.39 is 21.0 Å². The van der Waals surface area contributed by atoms with Gasteiger partial charge >= 0.3 is 0 Å². The number of allylic oxidation sites excluding steroid dienone is 1. The molecule has 34 heavy (non-hydrogen) atoms. The standard InChI is InChI=1S/C25H29N3O4S2/c1-5-22(17-10-12-18(13-11-17)25(2,3)4)34(31,32)24-19(23(30)27-26)8-6-14-28(24)16-20(29)21-9-7-15-33-21/h5-7,9-15,22H,1,8,16,26H2,2-4H3,(H,27,30). The topological polar surface area (TPSA) is 110 Å². The van der Waals surface area contributed by atoms with E-state index >= 15 is 0 Å². The van der Waals surface area contributed by atoms with Crippen molar-refractivity contribution in [2.24, 2.45) is 5.84 Å². The van der Waals surface area contributed by atoms with Crippen molar-refractivity contribution in [3.8, 4) is 0 Å². The molecule has 1 aliphatic rings. The minimum Gasteiger partial charge on any atom is -0.331 e. The molecule has 1 unspecified atom stereocenters. The van der Waals surface area contributed by atoms with E-state index in [1.807, 2.05) is 17.6 Å². The Morgan fingerprint density at radius 1 is 1.24 bits per heavy atom. The number of hydrogen-bond donors (Lipinski definition) is 2. The molecular weight excluding hydrogens is 470 g/mol. The Morgan fingerprint density at radius 2 is 1.91 bits per heavy atom. The molecule has 0 aliphatic carbocycles. The average molecular weight is 500 g/mol. The van der Waals surface area contributed by atoms with Crippen LogP contribution in [0.4, 0.5) is 0 Å². The molecule has 1 aromatic heterocycles. The maximum absolute atomic E-state index is 14.0. The number of carbonyl (C=O) groups excluding carboxylic acids is 2. The Morgan fingerprint density at radius 3 is 2.44 bits per heavy atom. The molecule has 9 heteroatoms. The van der Waals surface area contributed by atoms with Gasteiger partial charge in [0, 0.05) is 12.6 Å². The first-order valence-electron chi connectivity index (χ1n) is 10.7. The molecule has 2 aromatic rings. The Hall–Kier alpha value is -3.01. The van der Waals surface area contributed by atoms with Gasteiger partial charge < -0.3 is 4.90 Å². The highest BCUT2D eigenvalue weighted by atomic mass is 32.2. The van der Waals surface area contributed by atoms with Crippen LogP contribution >= 0.6 is 11.3 Å². The fraction of sp³-hybridized carbons (Fsp3) is 0.280. The Balaban J connectivity index is 2.08. The molecule has 0 radical (unpaired) electrons. The zero-order valence-corrected chi connectivity index (χ0v) is 21.1. The number of Topliss-reactive ketones (excluding diaryl/α,β-unsaturated/α-hetero) is 1. The van der Waals surface area contributed by atoms with Crippen LogP contribution < -0.4 is 11.3 Å². The first kappa shape index (κ1) is 25.6. The highest BCUT2D eigenvalue weighted by Gasteiger charge is 2.37. The lowest BCUT2D eigenvalue weighted by Crippen LogP contribution is -2.38. The van der Waals surface area contributed by atoms with Gasteiger partial charge in [0.2, 0.25) is 9.84 Å². The lowest BCUT2D eigenvalue weighted by atomic mass is 9.86. The van der Waals surface area contributed by atoms with E-state index in [9.17, 15) is 18.0 Å². The van der Waals surface area contributed by atoms with Crippen LogP contribution in [0.25, 0.3) is 0 Å². The number of hydrogen-bond acceptors (Lipinski definition) is 7. The third-order valence-electron chi connectivity index (χ3n) is 5.56. The van der Waals surface area contributed by atoms with Gasteiger partial charge in [0.1, 0.15) is 10.3 Å². The molecule has 0 spiro atoms. The van der Waals surface area contributed by atoms with Gasteiger partial charge in [0.15, 0.2) is 5.78 Å². The number of sulfone groups is 1. The van der Waals surface area contributed by atoms with Crippen LogP contribution in [0.2, 0.25) is 0 Å². The minimum atomic E-state index is -4.17. The second-order valence-electron chi connectivity index (χ2n) is 8.95. The molecule has 3 N–H and O–H groups in total. The highest BCUT2D eigenvalue weighted by Crippen LogP contribution is 2.36. The second kappa shape index (κ2) is 10.1. The lowest BCUT2D eigenvalue weighted by molar-refractivity contribution is -0.117. The summed E-state index contributed by atoms with van der Waals surface area (Å²) in [5.41, 5.74) is 3.48. The summed E-state index contributed by atoms with van der Waals surface area (Å²) in [5.74, 6) is 4.37.